The molecule has 3 rings (SSSR count). The Labute approximate surface area is 126 Å². The quantitative estimate of drug-likeness (QED) is 0.805. The van der Waals surface area contributed by atoms with Gasteiger partial charge < -0.3 is 5.73 Å². The normalized spacial score (nSPS) is 11.1. The van der Waals surface area contributed by atoms with E-state index in [1.165, 1.54) is 11.3 Å². The van der Waals surface area contributed by atoms with Gasteiger partial charge in [0.1, 0.15) is 10.5 Å². The Kier molecular flexibility index (Phi) is 3.86. The Morgan fingerprint density at radius 2 is 2.10 bits per heavy atom. The first-order valence-corrected chi connectivity index (χ1v) is 7.85. The van der Waals surface area contributed by atoms with Gasteiger partial charge in [0.15, 0.2) is 0 Å². The van der Waals surface area contributed by atoms with Crippen LogP contribution in [0.2, 0.25) is 0 Å². The van der Waals surface area contributed by atoms with Gasteiger partial charge in [0.2, 0.25) is 0 Å². The van der Waals surface area contributed by atoms with Crippen LogP contribution >= 0.6 is 11.3 Å². The smallest absolute Gasteiger partial charge is 0.276 e. The van der Waals surface area contributed by atoms with Gasteiger partial charge >= 0.3 is 0 Å². The molecular formula is C16H17N3OS. The molecule has 3 aromatic rings. The molecule has 0 unspecified atom stereocenters. The molecule has 2 aromatic heterocycles. The molecule has 21 heavy (non-hydrogen) atoms. The average molecular weight is 299 g/mol. The summed E-state index contributed by atoms with van der Waals surface area (Å²) in [6.07, 6.45) is 1.51. The molecule has 0 spiro atoms. The van der Waals surface area contributed by atoms with Gasteiger partial charge in [-0.2, -0.15) is 0 Å². The first-order chi connectivity index (χ1) is 10.2. The number of nitrogens with two attached hydrogens (primary N) is 1. The zero-order chi connectivity index (χ0) is 14.8. The number of nitrogens with zero attached hydrogens (tertiary/aromatic N) is 2. The fourth-order valence-corrected chi connectivity index (χ4v) is 3.21. The van der Waals surface area contributed by atoms with E-state index in [9.17, 15) is 4.79 Å². The van der Waals surface area contributed by atoms with Crippen molar-refractivity contribution in [3.63, 3.8) is 0 Å². The molecule has 0 amide bonds. The first kappa shape index (κ1) is 14.0. The van der Waals surface area contributed by atoms with Crippen molar-refractivity contribution in [2.45, 2.75) is 19.8 Å². The molecule has 1 aromatic carbocycles. The fraction of sp³-hybridized carbons (Fsp3) is 0.250. The first-order valence-electron chi connectivity index (χ1n) is 6.97. The lowest BCUT2D eigenvalue weighted by Gasteiger charge is -2.14. The maximum absolute atomic E-state index is 12.8. The van der Waals surface area contributed by atoms with E-state index < -0.39 is 0 Å². The van der Waals surface area contributed by atoms with E-state index in [2.05, 4.69) is 4.98 Å². The fourth-order valence-electron chi connectivity index (χ4n) is 2.45. The predicted octanol–water partition coefficient (Wildman–Crippen LogP) is 2.65. The van der Waals surface area contributed by atoms with Crippen molar-refractivity contribution in [1.82, 2.24) is 9.55 Å². The van der Waals surface area contributed by atoms with Gasteiger partial charge in [0, 0.05) is 6.42 Å². The summed E-state index contributed by atoms with van der Waals surface area (Å²) in [4.78, 5) is 17.5. The van der Waals surface area contributed by atoms with Gasteiger partial charge in [0.05, 0.1) is 11.2 Å². The van der Waals surface area contributed by atoms with Crippen molar-refractivity contribution in [2.75, 3.05) is 6.54 Å². The molecule has 0 aliphatic carbocycles. The molecule has 0 atom stereocenters. The van der Waals surface area contributed by atoms with E-state index in [0.29, 0.717) is 17.7 Å². The molecule has 0 fully saturated rings. The zero-order valence-electron chi connectivity index (χ0n) is 11.9. The van der Waals surface area contributed by atoms with Crippen molar-refractivity contribution < 1.29 is 0 Å². The Morgan fingerprint density at radius 1 is 1.29 bits per heavy atom. The SMILES string of the molecule is Cc1ccccc1-n1c(CCCN)nc2ccsc2c1=O. The maximum Gasteiger partial charge on any atom is 0.276 e. The summed E-state index contributed by atoms with van der Waals surface area (Å²) < 4.78 is 2.44. The largest absolute Gasteiger partial charge is 0.330 e. The van der Waals surface area contributed by atoms with Crippen LogP contribution in [0.1, 0.15) is 17.8 Å². The summed E-state index contributed by atoms with van der Waals surface area (Å²) in [6, 6.07) is 9.78. The Hall–Kier alpha value is -1.98. The number of para-hydroxylation sites is 1. The highest BCUT2D eigenvalue weighted by Gasteiger charge is 2.14. The molecule has 108 valence electrons. The van der Waals surface area contributed by atoms with E-state index in [0.717, 1.165) is 29.0 Å². The molecule has 0 saturated carbocycles. The molecule has 2 heterocycles. The van der Waals surface area contributed by atoms with Gasteiger partial charge in [-0.15, -0.1) is 11.3 Å². The van der Waals surface area contributed by atoms with Crippen LogP contribution in [0.5, 0.6) is 0 Å². The van der Waals surface area contributed by atoms with Crippen LogP contribution in [0.4, 0.5) is 0 Å². The minimum atomic E-state index is 0.0105. The third-order valence-corrected chi connectivity index (χ3v) is 4.40. The van der Waals surface area contributed by atoms with Crippen molar-refractivity contribution in [3.8, 4) is 5.69 Å². The summed E-state index contributed by atoms with van der Waals surface area (Å²) >= 11 is 1.44. The van der Waals surface area contributed by atoms with E-state index >= 15 is 0 Å². The number of aryl methyl sites for hydroxylation is 2. The summed E-state index contributed by atoms with van der Waals surface area (Å²) in [6.45, 7) is 2.60. The lowest BCUT2D eigenvalue weighted by atomic mass is 10.2. The molecule has 0 aliphatic heterocycles. The lowest BCUT2D eigenvalue weighted by Crippen LogP contribution is -2.24. The number of benzene rings is 1. The number of hydrogen-bond donors (Lipinski definition) is 1. The number of rotatable bonds is 4. The van der Waals surface area contributed by atoms with E-state index in [1.807, 2.05) is 42.6 Å². The predicted molar refractivity (Wildman–Crippen MR) is 87.3 cm³/mol. The molecule has 5 heteroatoms. The minimum absolute atomic E-state index is 0.0105. The molecule has 0 bridgehead atoms. The second-order valence-electron chi connectivity index (χ2n) is 4.98. The Balaban J connectivity index is 2.30. The molecular weight excluding hydrogens is 282 g/mol. The van der Waals surface area contributed by atoms with Crippen LogP contribution < -0.4 is 11.3 Å². The van der Waals surface area contributed by atoms with Gasteiger partial charge in [0.25, 0.3) is 5.56 Å². The molecule has 4 nitrogen and oxygen atoms in total. The highest BCUT2D eigenvalue weighted by Crippen LogP contribution is 2.20. The van der Waals surface area contributed by atoms with Gasteiger partial charge in [-0.1, -0.05) is 18.2 Å². The van der Waals surface area contributed by atoms with Crippen molar-refractivity contribution in [2.24, 2.45) is 5.73 Å². The highest BCUT2D eigenvalue weighted by molar-refractivity contribution is 7.17. The number of hydrogen-bond acceptors (Lipinski definition) is 4. The summed E-state index contributed by atoms with van der Waals surface area (Å²) in [7, 11) is 0. The van der Waals surface area contributed by atoms with Crippen LogP contribution in [0.25, 0.3) is 15.9 Å². The van der Waals surface area contributed by atoms with Crippen LogP contribution in [-0.2, 0) is 6.42 Å². The number of aromatic nitrogens is 2. The van der Waals surface area contributed by atoms with E-state index in [-0.39, 0.29) is 5.56 Å². The van der Waals surface area contributed by atoms with Crippen LogP contribution in [-0.4, -0.2) is 16.1 Å². The monoisotopic (exact) mass is 299 g/mol. The second-order valence-corrected chi connectivity index (χ2v) is 5.90. The standard InChI is InChI=1S/C16H17N3OS/c1-11-5-2-3-6-13(11)19-14(7-4-9-17)18-12-8-10-21-15(12)16(19)20/h2-3,5-6,8,10H,4,7,9,17H2,1H3. The highest BCUT2D eigenvalue weighted by atomic mass is 32.1. The zero-order valence-corrected chi connectivity index (χ0v) is 12.7. The lowest BCUT2D eigenvalue weighted by molar-refractivity contribution is 0.741. The Bertz CT molecular complexity index is 835. The van der Waals surface area contributed by atoms with Gasteiger partial charge in [-0.05, 0) is 43.0 Å². The molecule has 0 radical (unpaired) electrons. The number of thiophene rings is 1. The third kappa shape index (κ3) is 2.50. The summed E-state index contributed by atoms with van der Waals surface area (Å²) in [5.74, 6) is 0.783. The van der Waals surface area contributed by atoms with Crippen molar-refractivity contribution in [1.29, 1.82) is 0 Å². The summed E-state index contributed by atoms with van der Waals surface area (Å²) in [5, 5.41) is 1.91. The van der Waals surface area contributed by atoms with Crippen LogP contribution in [0.3, 0.4) is 0 Å². The third-order valence-electron chi connectivity index (χ3n) is 3.51. The van der Waals surface area contributed by atoms with Crippen molar-refractivity contribution in [3.05, 3.63) is 57.5 Å². The Morgan fingerprint density at radius 3 is 2.86 bits per heavy atom. The van der Waals surface area contributed by atoms with Crippen LogP contribution in [0.15, 0.2) is 40.5 Å². The molecule has 0 aliphatic rings. The molecule has 0 saturated heterocycles. The second kappa shape index (κ2) is 5.79. The maximum atomic E-state index is 12.8. The van der Waals surface area contributed by atoms with Crippen LogP contribution in [0, 0.1) is 6.92 Å². The van der Waals surface area contributed by atoms with Crippen molar-refractivity contribution >= 4 is 21.6 Å². The average Bonchev–Trinajstić information content (AvgIpc) is 2.95. The van der Waals surface area contributed by atoms with E-state index in [4.69, 9.17) is 5.73 Å². The summed E-state index contributed by atoms with van der Waals surface area (Å²) in [5.41, 5.74) is 8.36. The minimum Gasteiger partial charge on any atom is -0.330 e. The van der Waals surface area contributed by atoms with Gasteiger partial charge in [-0.3, -0.25) is 9.36 Å². The molecule has 2 N–H and O–H groups in total. The number of fused-ring (bicyclic) bond motifs is 1. The van der Waals surface area contributed by atoms with E-state index in [1.54, 1.807) is 4.57 Å². The topological polar surface area (TPSA) is 60.9 Å². The van der Waals surface area contributed by atoms with Gasteiger partial charge in [-0.25, -0.2) is 4.98 Å².